The first-order valence-corrected chi connectivity index (χ1v) is 5.73. The number of hydrogen-bond acceptors (Lipinski definition) is 2. The van der Waals surface area contributed by atoms with Crippen LogP contribution in [0.3, 0.4) is 0 Å². The average Bonchev–Trinajstić information content (AvgIpc) is 2.36. The Balaban J connectivity index is 2.46. The lowest BCUT2D eigenvalue weighted by atomic mass is 9.90. The molecule has 0 saturated carbocycles. The van der Waals surface area contributed by atoms with E-state index >= 15 is 0 Å². The standard InChI is InChI=1S/C15H11NO2/c1-2-4-9-7-8-10-5-3-6-11-12(10)13(9)15(18)16-14(11)17/h2-3,5-8H,1,4H2,(H,16,17,18). The minimum absolute atomic E-state index is 0.318. The molecular formula is C15H11NO2. The molecule has 3 nitrogen and oxygen atoms in total. The number of nitrogens with one attached hydrogen (secondary N) is 1. The van der Waals surface area contributed by atoms with Gasteiger partial charge in [0.15, 0.2) is 0 Å². The minimum Gasteiger partial charge on any atom is -0.288 e. The maximum Gasteiger partial charge on any atom is 0.259 e. The summed E-state index contributed by atoms with van der Waals surface area (Å²) < 4.78 is 0. The quantitative estimate of drug-likeness (QED) is 0.644. The van der Waals surface area contributed by atoms with Gasteiger partial charge in [0, 0.05) is 10.9 Å². The highest BCUT2D eigenvalue weighted by Gasteiger charge is 2.26. The highest BCUT2D eigenvalue weighted by atomic mass is 16.2. The molecule has 0 bridgehead atoms. The number of carbonyl (C=O) groups excluding carboxylic acids is 2. The van der Waals surface area contributed by atoms with Gasteiger partial charge < -0.3 is 0 Å². The molecule has 2 aromatic carbocycles. The van der Waals surface area contributed by atoms with E-state index in [1.807, 2.05) is 24.3 Å². The molecule has 0 aliphatic carbocycles. The van der Waals surface area contributed by atoms with E-state index in [9.17, 15) is 9.59 Å². The van der Waals surface area contributed by atoms with Crippen LogP contribution in [0.15, 0.2) is 43.0 Å². The van der Waals surface area contributed by atoms with E-state index in [4.69, 9.17) is 0 Å². The fourth-order valence-electron chi connectivity index (χ4n) is 2.43. The maximum absolute atomic E-state index is 12.0. The molecule has 1 heterocycles. The van der Waals surface area contributed by atoms with Gasteiger partial charge in [-0.2, -0.15) is 0 Å². The molecule has 3 rings (SSSR count). The van der Waals surface area contributed by atoms with Gasteiger partial charge >= 0.3 is 0 Å². The lowest BCUT2D eigenvalue weighted by Crippen LogP contribution is -2.35. The average molecular weight is 237 g/mol. The lowest BCUT2D eigenvalue weighted by molar-refractivity contribution is 0.0844. The van der Waals surface area contributed by atoms with E-state index in [1.54, 1.807) is 12.1 Å². The molecule has 1 N–H and O–H groups in total. The van der Waals surface area contributed by atoms with E-state index < -0.39 is 0 Å². The topological polar surface area (TPSA) is 46.2 Å². The normalized spacial score (nSPS) is 13.6. The van der Waals surface area contributed by atoms with Crippen LogP contribution in [-0.2, 0) is 6.42 Å². The Kier molecular flexibility index (Phi) is 2.27. The predicted molar refractivity (Wildman–Crippen MR) is 69.6 cm³/mol. The van der Waals surface area contributed by atoms with E-state index in [-0.39, 0.29) is 11.8 Å². The van der Waals surface area contributed by atoms with Crippen molar-refractivity contribution in [1.82, 2.24) is 5.32 Å². The van der Waals surface area contributed by atoms with Crippen LogP contribution in [-0.4, -0.2) is 11.8 Å². The van der Waals surface area contributed by atoms with E-state index in [1.165, 1.54) is 0 Å². The summed E-state index contributed by atoms with van der Waals surface area (Å²) in [6.45, 7) is 3.69. The smallest absolute Gasteiger partial charge is 0.259 e. The van der Waals surface area contributed by atoms with Crippen molar-refractivity contribution in [2.75, 3.05) is 0 Å². The van der Waals surface area contributed by atoms with Gasteiger partial charge in [-0.1, -0.05) is 30.3 Å². The van der Waals surface area contributed by atoms with Crippen LogP contribution in [0.5, 0.6) is 0 Å². The number of allylic oxidation sites excluding steroid dienone is 1. The van der Waals surface area contributed by atoms with E-state index in [0.717, 1.165) is 16.3 Å². The molecule has 1 aliphatic rings. The number of hydrogen-bond donors (Lipinski definition) is 1. The lowest BCUT2D eigenvalue weighted by Gasteiger charge is -2.19. The molecule has 2 amide bonds. The summed E-state index contributed by atoms with van der Waals surface area (Å²) in [4.78, 5) is 23.8. The summed E-state index contributed by atoms with van der Waals surface area (Å²) in [6.07, 6.45) is 2.37. The molecule has 0 spiro atoms. The first-order chi connectivity index (χ1) is 8.72. The van der Waals surface area contributed by atoms with Crippen LogP contribution < -0.4 is 5.32 Å². The van der Waals surface area contributed by atoms with E-state index in [2.05, 4.69) is 11.9 Å². The Hall–Kier alpha value is -2.42. The monoisotopic (exact) mass is 237 g/mol. The van der Waals surface area contributed by atoms with Crippen LogP contribution in [0.4, 0.5) is 0 Å². The van der Waals surface area contributed by atoms with E-state index in [0.29, 0.717) is 17.5 Å². The summed E-state index contributed by atoms with van der Waals surface area (Å²) in [5.41, 5.74) is 2.06. The zero-order valence-electron chi connectivity index (χ0n) is 9.69. The molecular weight excluding hydrogens is 226 g/mol. The molecule has 0 aromatic heterocycles. The molecule has 0 fully saturated rings. The number of amides is 2. The van der Waals surface area contributed by atoms with Crippen molar-refractivity contribution in [1.29, 1.82) is 0 Å². The van der Waals surface area contributed by atoms with Crippen LogP contribution in [0.25, 0.3) is 10.8 Å². The molecule has 0 saturated heterocycles. The molecule has 18 heavy (non-hydrogen) atoms. The molecule has 0 atom stereocenters. The van der Waals surface area contributed by atoms with Gasteiger partial charge in [0.2, 0.25) is 0 Å². The summed E-state index contributed by atoms with van der Waals surface area (Å²) in [7, 11) is 0. The van der Waals surface area contributed by atoms with Gasteiger partial charge in [-0.3, -0.25) is 14.9 Å². The first-order valence-electron chi connectivity index (χ1n) is 5.73. The highest BCUT2D eigenvalue weighted by Crippen LogP contribution is 2.29. The second kappa shape index (κ2) is 3.81. The number of imide groups is 1. The zero-order valence-corrected chi connectivity index (χ0v) is 9.69. The van der Waals surface area contributed by atoms with Crippen LogP contribution >= 0.6 is 0 Å². The molecule has 1 aliphatic heterocycles. The zero-order chi connectivity index (χ0) is 12.7. The van der Waals surface area contributed by atoms with Gasteiger partial charge in [-0.25, -0.2) is 0 Å². The van der Waals surface area contributed by atoms with Crippen LogP contribution in [0.2, 0.25) is 0 Å². The predicted octanol–water partition coefficient (Wildman–Crippen LogP) is 2.45. The SMILES string of the molecule is C=CCc1ccc2cccc3c2c1C(=O)NC3=O. The van der Waals surface area contributed by atoms with Gasteiger partial charge in [0.05, 0.1) is 5.56 Å². The molecule has 2 aromatic rings. The third kappa shape index (κ3) is 1.37. The minimum atomic E-state index is -0.325. The molecule has 0 radical (unpaired) electrons. The Morgan fingerprint density at radius 2 is 1.94 bits per heavy atom. The summed E-state index contributed by atoms with van der Waals surface area (Å²) >= 11 is 0. The van der Waals surface area contributed by atoms with Crippen molar-refractivity contribution in [2.45, 2.75) is 6.42 Å². The fourth-order valence-corrected chi connectivity index (χ4v) is 2.43. The van der Waals surface area contributed by atoms with Gasteiger partial charge in [-0.15, -0.1) is 6.58 Å². The maximum atomic E-state index is 12.0. The van der Waals surface area contributed by atoms with Crippen molar-refractivity contribution in [3.63, 3.8) is 0 Å². The fraction of sp³-hybridized carbons (Fsp3) is 0.0667. The Morgan fingerprint density at radius 3 is 2.72 bits per heavy atom. The van der Waals surface area contributed by atoms with Crippen LogP contribution in [0.1, 0.15) is 26.3 Å². The largest absolute Gasteiger partial charge is 0.288 e. The molecule has 88 valence electrons. The van der Waals surface area contributed by atoms with Gasteiger partial charge in [0.25, 0.3) is 11.8 Å². The Bertz CT molecular complexity index is 701. The van der Waals surface area contributed by atoms with Crippen molar-refractivity contribution in [3.8, 4) is 0 Å². The number of carbonyl (C=O) groups is 2. The van der Waals surface area contributed by atoms with Crippen molar-refractivity contribution in [3.05, 3.63) is 59.7 Å². The van der Waals surface area contributed by atoms with Crippen LogP contribution in [0, 0.1) is 0 Å². The van der Waals surface area contributed by atoms with Crippen molar-refractivity contribution < 1.29 is 9.59 Å². The Labute approximate surface area is 104 Å². The summed E-state index contributed by atoms with van der Waals surface area (Å²) in [5, 5.41) is 4.05. The summed E-state index contributed by atoms with van der Waals surface area (Å²) in [6, 6.07) is 9.33. The van der Waals surface area contributed by atoms with Crippen molar-refractivity contribution >= 4 is 22.6 Å². The highest BCUT2D eigenvalue weighted by molar-refractivity contribution is 6.26. The molecule has 3 heteroatoms. The van der Waals surface area contributed by atoms with Gasteiger partial charge in [-0.05, 0) is 23.4 Å². The second-order valence-electron chi connectivity index (χ2n) is 4.28. The van der Waals surface area contributed by atoms with Crippen molar-refractivity contribution in [2.24, 2.45) is 0 Å². The Morgan fingerprint density at radius 1 is 1.11 bits per heavy atom. The third-order valence-electron chi connectivity index (χ3n) is 3.19. The molecule has 0 unspecified atom stereocenters. The first kappa shape index (κ1) is 10.7. The third-order valence-corrected chi connectivity index (χ3v) is 3.19. The second-order valence-corrected chi connectivity index (χ2v) is 4.28. The van der Waals surface area contributed by atoms with Gasteiger partial charge in [0.1, 0.15) is 0 Å². The summed E-state index contributed by atoms with van der Waals surface area (Å²) in [5.74, 6) is -0.644. The number of benzene rings is 2. The number of rotatable bonds is 2.